The van der Waals surface area contributed by atoms with Crippen molar-refractivity contribution in [2.75, 3.05) is 71.0 Å². The summed E-state index contributed by atoms with van der Waals surface area (Å²) in [5.41, 5.74) is 1.35. The molecule has 0 aliphatic carbocycles. The highest BCUT2D eigenvalue weighted by atomic mass is 127. The number of unbranched alkanes of at least 4 members (excludes halogenated alkanes) is 1. The summed E-state index contributed by atoms with van der Waals surface area (Å²) >= 11 is 0. The van der Waals surface area contributed by atoms with Gasteiger partial charge in [-0.1, -0.05) is 18.2 Å². The monoisotopic (exact) mass is 503 g/mol. The molecule has 0 atom stereocenters. The lowest BCUT2D eigenvalue weighted by Crippen LogP contribution is -2.46. The minimum absolute atomic E-state index is 0. The lowest BCUT2D eigenvalue weighted by molar-refractivity contribution is 0.197. The molecule has 1 heterocycles. The van der Waals surface area contributed by atoms with Gasteiger partial charge >= 0.3 is 0 Å². The van der Waals surface area contributed by atoms with Gasteiger partial charge in [0.1, 0.15) is 0 Å². The molecular weight excluding hydrogens is 465 g/mol. The molecule has 0 bridgehead atoms. The van der Waals surface area contributed by atoms with Gasteiger partial charge in [-0.05, 0) is 44.9 Å². The molecule has 1 aromatic rings. The Morgan fingerprint density at radius 2 is 1.79 bits per heavy atom. The maximum atomic E-state index is 5.07. The average molecular weight is 503 g/mol. The zero-order valence-electron chi connectivity index (χ0n) is 17.5. The number of aliphatic imine (C=N–C) groups is 1. The lowest BCUT2D eigenvalue weighted by Gasteiger charge is -2.36. The van der Waals surface area contributed by atoms with Gasteiger partial charge in [0, 0.05) is 65.2 Å². The number of nitrogens with zero attached hydrogens (tertiary/aromatic N) is 3. The third-order valence-corrected chi connectivity index (χ3v) is 4.81. The molecule has 28 heavy (non-hydrogen) atoms. The third-order valence-electron chi connectivity index (χ3n) is 4.81. The van der Waals surface area contributed by atoms with E-state index < -0.39 is 0 Å². The number of hydrogen-bond donors (Lipinski definition) is 2. The predicted molar refractivity (Wildman–Crippen MR) is 130 cm³/mol. The van der Waals surface area contributed by atoms with Crippen molar-refractivity contribution in [3.8, 4) is 0 Å². The van der Waals surface area contributed by atoms with E-state index >= 15 is 0 Å². The van der Waals surface area contributed by atoms with Crippen LogP contribution in [0.5, 0.6) is 0 Å². The molecule has 1 saturated heterocycles. The van der Waals surface area contributed by atoms with Crippen LogP contribution in [0.3, 0.4) is 0 Å². The Balaban J connectivity index is 0.00000392. The van der Waals surface area contributed by atoms with Gasteiger partial charge in [-0.2, -0.15) is 0 Å². The van der Waals surface area contributed by atoms with Crippen molar-refractivity contribution >= 4 is 35.6 Å². The van der Waals surface area contributed by atoms with Crippen LogP contribution in [-0.4, -0.2) is 76.9 Å². The summed E-state index contributed by atoms with van der Waals surface area (Å²) in [6, 6.07) is 10.7. The number of guanidine groups is 1. The topological polar surface area (TPSA) is 52.1 Å². The van der Waals surface area contributed by atoms with Crippen molar-refractivity contribution in [1.29, 1.82) is 0 Å². The fourth-order valence-electron chi connectivity index (χ4n) is 3.28. The maximum absolute atomic E-state index is 5.07. The average Bonchev–Trinajstić information content (AvgIpc) is 2.72. The second-order valence-corrected chi connectivity index (χ2v) is 6.91. The Morgan fingerprint density at radius 3 is 2.46 bits per heavy atom. The van der Waals surface area contributed by atoms with Gasteiger partial charge in [-0.3, -0.25) is 9.89 Å². The summed E-state index contributed by atoms with van der Waals surface area (Å²) < 4.78 is 5.07. The van der Waals surface area contributed by atoms with E-state index in [4.69, 9.17) is 4.74 Å². The van der Waals surface area contributed by atoms with Crippen LogP contribution in [-0.2, 0) is 4.74 Å². The first-order chi connectivity index (χ1) is 13.3. The van der Waals surface area contributed by atoms with Crippen LogP contribution in [0.15, 0.2) is 35.3 Å². The SMILES string of the molecule is CCNC(=NCCCOC)NCCCCN1CCN(c2ccccc2)CC1.I. The van der Waals surface area contributed by atoms with E-state index in [1.54, 1.807) is 7.11 Å². The molecule has 0 aromatic heterocycles. The van der Waals surface area contributed by atoms with Crippen LogP contribution in [0.25, 0.3) is 0 Å². The van der Waals surface area contributed by atoms with E-state index in [-0.39, 0.29) is 24.0 Å². The Hall–Kier alpha value is -1.06. The van der Waals surface area contributed by atoms with Gasteiger partial charge in [0.15, 0.2) is 5.96 Å². The summed E-state index contributed by atoms with van der Waals surface area (Å²) in [5.74, 6) is 0.921. The molecule has 0 amide bonds. The number of ether oxygens (including phenoxy) is 1. The molecule has 6 nitrogen and oxygen atoms in total. The molecule has 1 aliphatic heterocycles. The molecule has 0 spiro atoms. The quantitative estimate of drug-likeness (QED) is 0.211. The van der Waals surface area contributed by atoms with Crippen LogP contribution < -0.4 is 15.5 Å². The number of nitrogens with one attached hydrogen (secondary N) is 2. The molecule has 7 heteroatoms. The highest BCUT2D eigenvalue weighted by molar-refractivity contribution is 14.0. The Labute approximate surface area is 188 Å². The number of para-hydroxylation sites is 1. The summed E-state index contributed by atoms with van der Waals surface area (Å²) in [6.07, 6.45) is 3.35. The molecule has 1 aliphatic rings. The first-order valence-electron chi connectivity index (χ1n) is 10.4. The van der Waals surface area contributed by atoms with Gasteiger partial charge in [-0.25, -0.2) is 0 Å². The largest absolute Gasteiger partial charge is 0.385 e. The van der Waals surface area contributed by atoms with E-state index in [2.05, 4.69) is 62.7 Å². The highest BCUT2D eigenvalue weighted by Gasteiger charge is 2.16. The van der Waals surface area contributed by atoms with Gasteiger partial charge in [0.25, 0.3) is 0 Å². The van der Waals surface area contributed by atoms with E-state index in [0.717, 1.165) is 64.8 Å². The van der Waals surface area contributed by atoms with E-state index in [1.165, 1.54) is 25.1 Å². The second kappa shape index (κ2) is 15.8. The molecule has 0 radical (unpaired) electrons. The molecule has 1 aromatic carbocycles. The molecule has 160 valence electrons. The van der Waals surface area contributed by atoms with Gasteiger partial charge < -0.3 is 20.3 Å². The smallest absolute Gasteiger partial charge is 0.191 e. The fourth-order valence-corrected chi connectivity index (χ4v) is 3.28. The number of anilines is 1. The Kier molecular flexibility index (Phi) is 14.1. The Bertz CT molecular complexity index is 521. The number of hydrogen-bond acceptors (Lipinski definition) is 4. The standard InChI is InChI=1S/C21H37N5O.HI/c1-3-22-21(24-13-9-19-27-2)23-12-7-8-14-25-15-17-26(18-16-25)20-10-5-4-6-11-20;/h4-6,10-11H,3,7-9,12-19H2,1-2H3,(H2,22,23,24);1H. The minimum Gasteiger partial charge on any atom is -0.385 e. The number of benzene rings is 1. The van der Waals surface area contributed by atoms with E-state index in [9.17, 15) is 0 Å². The normalized spacial score (nSPS) is 15.2. The van der Waals surface area contributed by atoms with Crippen molar-refractivity contribution in [2.45, 2.75) is 26.2 Å². The summed E-state index contributed by atoms with van der Waals surface area (Å²) in [4.78, 5) is 9.65. The second-order valence-electron chi connectivity index (χ2n) is 6.91. The fraction of sp³-hybridized carbons (Fsp3) is 0.667. The number of methoxy groups -OCH3 is 1. The Morgan fingerprint density at radius 1 is 1.04 bits per heavy atom. The molecule has 2 rings (SSSR count). The summed E-state index contributed by atoms with van der Waals surface area (Å²) in [6.45, 7) is 11.3. The minimum atomic E-state index is 0. The van der Waals surface area contributed by atoms with Crippen LogP contribution in [0, 0.1) is 0 Å². The van der Waals surface area contributed by atoms with E-state index in [1.807, 2.05) is 0 Å². The zero-order chi connectivity index (χ0) is 19.2. The van der Waals surface area contributed by atoms with Gasteiger partial charge in [-0.15, -0.1) is 24.0 Å². The molecule has 1 fully saturated rings. The van der Waals surface area contributed by atoms with Gasteiger partial charge in [0.05, 0.1) is 0 Å². The van der Waals surface area contributed by atoms with Crippen molar-refractivity contribution in [3.63, 3.8) is 0 Å². The number of rotatable bonds is 11. The predicted octanol–water partition coefficient (Wildman–Crippen LogP) is 2.80. The molecule has 2 N–H and O–H groups in total. The van der Waals surface area contributed by atoms with Crippen LogP contribution in [0.1, 0.15) is 26.2 Å². The lowest BCUT2D eigenvalue weighted by atomic mass is 10.2. The summed E-state index contributed by atoms with van der Waals surface area (Å²) in [7, 11) is 1.73. The van der Waals surface area contributed by atoms with E-state index in [0.29, 0.717) is 0 Å². The first kappa shape index (κ1) is 25.0. The van der Waals surface area contributed by atoms with Gasteiger partial charge in [0.2, 0.25) is 0 Å². The maximum Gasteiger partial charge on any atom is 0.191 e. The summed E-state index contributed by atoms with van der Waals surface area (Å²) in [5, 5.41) is 6.74. The third kappa shape index (κ3) is 9.93. The zero-order valence-corrected chi connectivity index (χ0v) is 19.9. The number of halogens is 1. The van der Waals surface area contributed by atoms with Crippen LogP contribution in [0.2, 0.25) is 0 Å². The van der Waals surface area contributed by atoms with Crippen molar-refractivity contribution in [1.82, 2.24) is 15.5 Å². The highest BCUT2D eigenvalue weighted by Crippen LogP contribution is 2.15. The molecule has 0 unspecified atom stereocenters. The van der Waals surface area contributed by atoms with Crippen molar-refractivity contribution in [3.05, 3.63) is 30.3 Å². The molecular formula is C21H38IN5O. The first-order valence-corrected chi connectivity index (χ1v) is 10.4. The van der Waals surface area contributed by atoms with Crippen molar-refractivity contribution in [2.24, 2.45) is 4.99 Å². The molecule has 0 saturated carbocycles. The van der Waals surface area contributed by atoms with Crippen LogP contribution >= 0.6 is 24.0 Å². The van der Waals surface area contributed by atoms with Crippen LogP contribution in [0.4, 0.5) is 5.69 Å². The van der Waals surface area contributed by atoms with Crippen molar-refractivity contribution < 1.29 is 4.74 Å². The number of piperazine rings is 1.